The molecule has 0 aliphatic carbocycles. The zero-order valence-electron chi connectivity index (χ0n) is 6.89. The molecule has 0 aromatic carbocycles. The Hall–Kier alpha value is 0.130. The molecular formula is C2H3F5N3O2P3. The topological polar surface area (TPSA) is 45.1 Å². The molecule has 1 aliphatic heterocycles. The summed E-state index contributed by atoms with van der Waals surface area (Å²) in [5, 5.41) is 0. The molecule has 0 amide bonds. The number of hydrogen-bond acceptors (Lipinski definition) is 5. The second-order valence-electron chi connectivity index (χ2n) is 2.11. The Morgan fingerprint density at radius 1 is 1.47 bits per heavy atom. The van der Waals surface area contributed by atoms with Crippen molar-refractivity contribution in [1.29, 1.82) is 0 Å². The van der Waals surface area contributed by atoms with Gasteiger partial charge in [0.1, 0.15) is 0 Å². The standard InChI is InChI=1S/C2H3F5N3O2P3/c1-2(11)12-15(7)8-13(5)9(3)14(6)10(15)4/h1H3. The van der Waals surface area contributed by atoms with Crippen LogP contribution < -0.4 is 0 Å². The van der Waals surface area contributed by atoms with Gasteiger partial charge in [-0.3, -0.25) is 4.79 Å². The summed E-state index contributed by atoms with van der Waals surface area (Å²) < 4.78 is 67.2. The summed E-state index contributed by atoms with van der Waals surface area (Å²) in [7, 11) is -12.8. The van der Waals surface area contributed by atoms with E-state index in [1.54, 1.807) is 0 Å². The highest BCUT2D eigenvalue weighted by molar-refractivity contribution is 7.77. The molecule has 13 heteroatoms. The van der Waals surface area contributed by atoms with Gasteiger partial charge in [0.2, 0.25) is 0 Å². The van der Waals surface area contributed by atoms with Crippen molar-refractivity contribution in [3.63, 3.8) is 0 Å². The van der Waals surface area contributed by atoms with Gasteiger partial charge in [-0.05, 0) is 4.66 Å². The molecule has 0 N–H and O–H groups in total. The van der Waals surface area contributed by atoms with E-state index in [2.05, 4.69) is 9.04 Å². The van der Waals surface area contributed by atoms with E-state index in [1.165, 1.54) is 0 Å². The molecule has 0 aromatic heterocycles. The van der Waals surface area contributed by atoms with E-state index in [0.717, 1.165) is 0 Å². The van der Waals surface area contributed by atoms with Gasteiger partial charge in [0.25, 0.3) is 0 Å². The van der Waals surface area contributed by atoms with Gasteiger partial charge in [-0.2, -0.15) is 8.39 Å². The Bertz CT molecular complexity index is 329. The van der Waals surface area contributed by atoms with E-state index in [1.807, 2.05) is 0 Å². The first-order valence-electron chi connectivity index (χ1n) is 3.14. The Labute approximate surface area is 83.3 Å². The summed E-state index contributed by atoms with van der Waals surface area (Å²) >= 11 is 0. The van der Waals surface area contributed by atoms with Crippen molar-refractivity contribution < 1.29 is 30.9 Å². The van der Waals surface area contributed by atoms with Crippen molar-refractivity contribution in [1.82, 2.24) is 9.33 Å². The van der Waals surface area contributed by atoms with Gasteiger partial charge < -0.3 is 4.52 Å². The molecule has 1 aliphatic rings. The molecule has 3 atom stereocenters. The van der Waals surface area contributed by atoms with E-state index in [9.17, 15) is 26.3 Å². The van der Waals surface area contributed by atoms with E-state index in [0.29, 0.717) is 6.92 Å². The lowest BCUT2D eigenvalue weighted by Gasteiger charge is -2.28. The Kier molecular flexibility index (Phi) is 4.01. The highest BCUT2D eigenvalue weighted by atomic mass is 31.3. The highest BCUT2D eigenvalue weighted by Crippen LogP contribution is 2.80. The van der Waals surface area contributed by atoms with E-state index < -0.39 is 40.1 Å². The van der Waals surface area contributed by atoms with Crippen LogP contribution in [0.2, 0.25) is 0 Å². The van der Waals surface area contributed by atoms with Gasteiger partial charge in [-0.1, -0.05) is 0 Å². The number of halogens is 5. The molecule has 0 bridgehead atoms. The summed E-state index contributed by atoms with van der Waals surface area (Å²) in [5.74, 6) is -1.31. The summed E-state index contributed by atoms with van der Waals surface area (Å²) in [5.41, 5.74) is 0. The number of carbonyl (C=O) groups is 1. The zero-order valence-corrected chi connectivity index (χ0v) is 9.57. The molecule has 0 aromatic rings. The first-order valence-corrected chi connectivity index (χ1v) is 6.92. The van der Waals surface area contributed by atoms with Gasteiger partial charge in [-0.15, -0.1) is 17.7 Å². The van der Waals surface area contributed by atoms with Crippen LogP contribution in [-0.2, 0) is 9.32 Å². The van der Waals surface area contributed by atoms with Gasteiger partial charge >= 0.3 is 30.8 Å². The van der Waals surface area contributed by atoms with Crippen LogP contribution in [0.25, 0.3) is 0 Å². The fourth-order valence-electron chi connectivity index (χ4n) is 0.585. The molecule has 15 heavy (non-hydrogen) atoms. The molecule has 1 heterocycles. The lowest BCUT2D eigenvalue weighted by Crippen LogP contribution is -2.14. The van der Waals surface area contributed by atoms with Crippen molar-refractivity contribution in [2.75, 3.05) is 0 Å². The molecule has 3 unspecified atom stereocenters. The maximum Gasteiger partial charge on any atom is 0.426 e. The van der Waals surface area contributed by atoms with Crippen molar-refractivity contribution in [3.05, 3.63) is 0 Å². The normalized spacial score (nSPS) is 38.5. The summed E-state index contributed by atoms with van der Waals surface area (Å²) in [6, 6.07) is 0. The zero-order chi connectivity index (χ0) is 11.8. The van der Waals surface area contributed by atoms with Crippen LogP contribution in [0.1, 0.15) is 6.92 Å². The fourth-order valence-corrected chi connectivity index (χ4v) is 5.08. The van der Waals surface area contributed by atoms with Crippen LogP contribution >= 0.6 is 24.8 Å². The molecule has 5 nitrogen and oxygen atoms in total. The number of hydrogen-bond donors (Lipinski definition) is 0. The largest absolute Gasteiger partial charge is 0.426 e. The molecular weight excluding hydrogens is 286 g/mol. The van der Waals surface area contributed by atoms with Crippen LogP contribution in [0, 0.1) is 0 Å². The van der Waals surface area contributed by atoms with Crippen LogP contribution in [0.15, 0.2) is 4.52 Å². The summed E-state index contributed by atoms with van der Waals surface area (Å²) in [4.78, 5) is 10.3. The summed E-state index contributed by atoms with van der Waals surface area (Å²) in [6.45, 7) is 0.702. The minimum Gasteiger partial charge on any atom is -0.390 e. The third kappa shape index (κ3) is 2.63. The van der Waals surface area contributed by atoms with Crippen molar-refractivity contribution in [3.8, 4) is 0 Å². The summed E-state index contributed by atoms with van der Waals surface area (Å²) in [6.07, 6.45) is 0. The minimum absolute atomic E-state index is 0.702. The third-order valence-corrected chi connectivity index (χ3v) is 6.22. The molecule has 88 valence electrons. The maximum absolute atomic E-state index is 13.3. The predicted molar refractivity (Wildman–Crippen MR) is 44.2 cm³/mol. The molecule has 0 spiro atoms. The average molecular weight is 289 g/mol. The molecule has 0 fully saturated rings. The van der Waals surface area contributed by atoms with Crippen molar-refractivity contribution in [2.24, 2.45) is 4.52 Å². The van der Waals surface area contributed by atoms with E-state index >= 15 is 0 Å². The van der Waals surface area contributed by atoms with E-state index in [4.69, 9.17) is 0 Å². The number of carbonyl (C=O) groups excluding carboxylic acids is 1. The lowest BCUT2D eigenvalue weighted by molar-refractivity contribution is -0.132. The molecule has 1 rings (SSSR count). The number of nitrogens with zero attached hydrogens (tertiary/aromatic N) is 3. The Morgan fingerprint density at radius 3 is 2.47 bits per heavy atom. The monoisotopic (exact) mass is 289 g/mol. The lowest BCUT2D eigenvalue weighted by atomic mass is 10.9. The first kappa shape index (κ1) is 13.2. The quantitative estimate of drug-likeness (QED) is 0.411. The second-order valence-corrected chi connectivity index (χ2v) is 6.95. The smallest absolute Gasteiger partial charge is 0.390 e. The highest BCUT2D eigenvalue weighted by Gasteiger charge is 2.52. The fraction of sp³-hybridized carbons (Fsp3) is 0.500. The van der Waals surface area contributed by atoms with Crippen LogP contribution in [0.3, 0.4) is 0 Å². The Balaban J connectivity index is 3.06. The molecule has 0 radical (unpaired) electrons. The minimum atomic E-state index is -5.19. The van der Waals surface area contributed by atoms with Gasteiger partial charge in [-0.25, -0.2) is 0 Å². The molecule has 0 saturated heterocycles. The van der Waals surface area contributed by atoms with Crippen LogP contribution in [0.4, 0.5) is 21.6 Å². The Morgan fingerprint density at radius 2 is 2.00 bits per heavy atom. The van der Waals surface area contributed by atoms with Crippen molar-refractivity contribution in [2.45, 2.75) is 6.92 Å². The molecule has 0 saturated carbocycles. The third-order valence-electron chi connectivity index (χ3n) is 1.04. The number of rotatable bonds is 1. The SMILES string of the molecule is CC(=O)OP1(F)=NP(F)N(F)P(F)N1F. The second kappa shape index (κ2) is 4.55. The van der Waals surface area contributed by atoms with Gasteiger partial charge in [0, 0.05) is 11.6 Å². The van der Waals surface area contributed by atoms with Crippen LogP contribution in [0.5, 0.6) is 0 Å². The van der Waals surface area contributed by atoms with Gasteiger partial charge in [0.15, 0.2) is 0 Å². The van der Waals surface area contributed by atoms with Gasteiger partial charge in [0.05, 0.1) is 0 Å². The van der Waals surface area contributed by atoms with Crippen molar-refractivity contribution >= 4 is 30.8 Å². The average Bonchev–Trinajstić information content (AvgIpc) is 2.10. The predicted octanol–water partition coefficient (Wildman–Crippen LogP) is 4.24. The first-order chi connectivity index (χ1) is 6.78. The van der Waals surface area contributed by atoms with E-state index in [-0.39, 0.29) is 0 Å². The van der Waals surface area contributed by atoms with Crippen LogP contribution in [-0.4, -0.2) is 15.3 Å². The maximum atomic E-state index is 13.3.